The number of ketones is 2. The van der Waals surface area contributed by atoms with E-state index in [0.717, 1.165) is 6.54 Å². The van der Waals surface area contributed by atoms with Crippen LogP contribution in [0.25, 0.3) is 0 Å². The van der Waals surface area contributed by atoms with Crippen molar-refractivity contribution in [2.24, 2.45) is 0 Å². The van der Waals surface area contributed by atoms with Crippen LogP contribution in [0, 0.1) is 0 Å². The van der Waals surface area contributed by atoms with E-state index >= 15 is 0 Å². The summed E-state index contributed by atoms with van der Waals surface area (Å²) in [6.07, 6.45) is 0. The second kappa shape index (κ2) is 5.48. The predicted molar refractivity (Wildman–Crippen MR) is 87.0 cm³/mol. The van der Waals surface area contributed by atoms with Gasteiger partial charge < -0.3 is 5.32 Å². The molecule has 0 saturated carbocycles. The van der Waals surface area contributed by atoms with Crippen LogP contribution in [0.3, 0.4) is 0 Å². The van der Waals surface area contributed by atoms with Gasteiger partial charge in [0, 0.05) is 29.8 Å². The first kappa shape index (κ1) is 13.9. The number of carbonyl (C=O) groups excluding carboxylic acids is 2. The average Bonchev–Trinajstić information content (AvgIpc) is 2.60. The molecule has 2 aromatic carbocycles. The molecule has 0 fully saturated rings. The van der Waals surface area contributed by atoms with Crippen LogP contribution < -0.4 is 5.32 Å². The minimum absolute atomic E-state index is 0.0412. The lowest BCUT2D eigenvalue weighted by atomic mass is 9.86. The Morgan fingerprint density at radius 1 is 0.870 bits per heavy atom. The maximum Gasteiger partial charge on any atom is 0.210 e. The van der Waals surface area contributed by atoms with Gasteiger partial charge >= 0.3 is 0 Å². The van der Waals surface area contributed by atoms with Gasteiger partial charge in [-0.05, 0) is 5.56 Å². The molecule has 4 nitrogen and oxygen atoms in total. The molecule has 0 bridgehead atoms. The average molecular weight is 304 g/mol. The van der Waals surface area contributed by atoms with Crippen LogP contribution in [0.1, 0.15) is 26.3 Å². The topological polar surface area (TPSA) is 49.4 Å². The molecule has 114 valence electrons. The molecular formula is C19H16N2O2. The Morgan fingerprint density at radius 2 is 1.52 bits per heavy atom. The van der Waals surface area contributed by atoms with Gasteiger partial charge in [-0.2, -0.15) is 0 Å². The maximum absolute atomic E-state index is 12.7. The molecule has 2 aliphatic rings. The number of hydrogen-bond donors (Lipinski definition) is 1. The highest BCUT2D eigenvalue weighted by Gasteiger charge is 2.35. The fourth-order valence-corrected chi connectivity index (χ4v) is 3.19. The zero-order valence-corrected chi connectivity index (χ0v) is 12.6. The lowest BCUT2D eigenvalue weighted by Gasteiger charge is -2.33. The third-order valence-electron chi connectivity index (χ3n) is 4.33. The lowest BCUT2D eigenvalue weighted by molar-refractivity contribution is 0.0940. The van der Waals surface area contributed by atoms with Gasteiger partial charge in [0.05, 0.1) is 12.4 Å². The highest BCUT2D eigenvalue weighted by molar-refractivity contribution is 6.26. The molecule has 2 aromatic rings. The molecule has 1 aliphatic heterocycles. The van der Waals surface area contributed by atoms with Crippen LogP contribution in [0.15, 0.2) is 65.9 Å². The first-order chi connectivity index (χ1) is 11.2. The Labute approximate surface area is 134 Å². The fourth-order valence-electron chi connectivity index (χ4n) is 3.19. The summed E-state index contributed by atoms with van der Waals surface area (Å²) in [5.74, 6) is -0.116. The molecule has 0 amide bonds. The number of fused-ring (bicyclic) bond motifs is 1. The molecule has 1 heterocycles. The normalized spacial score (nSPS) is 17.6. The van der Waals surface area contributed by atoms with E-state index in [2.05, 4.69) is 22.3 Å². The van der Waals surface area contributed by atoms with Crippen LogP contribution >= 0.6 is 0 Å². The summed E-state index contributed by atoms with van der Waals surface area (Å²) in [5.41, 5.74) is 3.25. The highest BCUT2D eigenvalue weighted by atomic mass is 16.1. The van der Waals surface area contributed by atoms with Crippen molar-refractivity contribution in [1.82, 2.24) is 10.2 Å². The molecule has 4 rings (SSSR count). The largest absolute Gasteiger partial charge is 0.369 e. The van der Waals surface area contributed by atoms with Crippen molar-refractivity contribution in [1.29, 1.82) is 0 Å². The minimum Gasteiger partial charge on any atom is -0.369 e. The Bertz CT molecular complexity index is 824. The Kier molecular flexibility index (Phi) is 3.32. The number of Topliss-reactive ketones (excluding diaryl/α,β-unsaturated/α-hetero) is 2. The van der Waals surface area contributed by atoms with Crippen molar-refractivity contribution in [3.8, 4) is 0 Å². The molecule has 0 radical (unpaired) electrons. The van der Waals surface area contributed by atoms with Crippen LogP contribution in [0.5, 0.6) is 0 Å². The van der Waals surface area contributed by atoms with E-state index in [-0.39, 0.29) is 11.6 Å². The van der Waals surface area contributed by atoms with E-state index in [9.17, 15) is 9.59 Å². The molecule has 23 heavy (non-hydrogen) atoms. The number of hydrogen-bond acceptors (Lipinski definition) is 4. The number of rotatable bonds is 2. The summed E-state index contributed by atoms with van der Waals surface area (Å²) >= 11 is 0. The molecule has 0 saturated heterocycles. The molecule has 0 unspecified atom stereocenters. The minimum atomic E-state index is -0.0745. The van der Waals surface area contributed by atoms with Crippen LogP contribution in [-0.2, 0) is 6.54 Å². The molecule has 4 heteroatoms. The summed E-state index contributed by atoms with van der Waals surface area (Å²) in [4.78, 5) is 27.4. The van der Waals surface area contributed by atoms with Gasteiger partial charge in [0.1, 0.15) is 0 Å². The van der Waals surface area contributed by atoms with E-state index in [1.165, 1.54) is 5.56 Å². The van der Waals surface area contributed by atoms with Crippen molar-refractivity contribution < 1.29 is 9.59 Å². The van der Waals surface area contributed by atoms with E-state index < -0.39 is 0 Å². The molecule has 0 atom stereocenters. The highest BCUT2D eigenvalue weighted by Crippen LogP contribution is 2.27. The Balaban J connectivity index is 1.63. The summed E-state index contributed by atoms with van der Waals surface area (Å²) in [5, 5.41) is 3.15. The third-order valence-corrected chi connectivity index (χ3v) is 4.33. The van der Waals surface area contributed by atoms with Crippen LogP contribution in [-0.4, -0.2) is 29.7 Å². The number of benzene rings is 2. The van der Waals surface area contributed by atoms with Crippen molar-refractivity contribution >= 4 is 11.6 Å². The third kappa shape index (κ3) is 2.37. The van der Waals surface area contributed by atoms with Crippen molar-refractivity contribution in [3.05, 3.63) is 82.6 Å². The van der Waals surface area contributed by atoms with E-state index in [4.69, 9.17) is 0 Å². The number of carbonyl (C=O) groups is 2. The standard InChI is InChI=1S/C19H16N2O2/c22-18-14-8-4-5-9-15(14)19(23)17-16(18)11-21(12-20-17)10-13-6-2-1-3-7-13/h1-9,20H,10-12H2. The van der Waals surface area contributed by atoms with Crippen molar-refractivity contribution in [3.63, 3.8) is 0 Å². The first-order valence-corrected chi connectivity index (χ1v) is 7.66. The zero-order valence-electron chi connectivity index (χ0n) is 12.6. The fraction of sp³-hybridized carbons (Fsp3) is 0.158. The van der Waals surface area contributed by atoms with E-state index in [1.54, 1.807) is 24.3 Å². The van der Waals surface area contributed by atoms with E-state index in [0.29, 0.717) is 35.6 Å². The predicted octanol–water partition coefficient (Wildman–Crippen LogP) is 2.38. The van der Waals surface area contributed by atoms with Gasteiger partial charge in [-0.15, -0.1) is 0 Å². The maximum atomic E-state index is 12.7. The summed E-state index contributed by atoms with van der Waals surface area (Å²) in [6.45, 7) is 1.80. The number of allylic oxidation sites excluding steroid dienone is 1. The summed E-state index contributed by atoms with van der Waals surface area (Å²) < 4.78 is 0. The Hall–Kier alpha value is -2.72. The molecule has 0 spiro atoms. The van der Waals surface area contributed by atoms with Crippen molar-refractivity contribution in [2.45, 2.75) is 6.54 Å². The van der Waals surface area contributed by atoms with Gasteiger partial charge in [0.15, 0.2) is 5.78 Å². The molecule has 0 aromatic heterocycles. The zero-order chi connectivity index (χ0) is 15.8. The quantitative estimate of drug-likeness (QED) is 0.925. The smallest absolute Gasteiger partial charge is 0.210 e. The van der Waals surface area contributed by atoms with Gasteiger partial charge in [-0.25, -0.2) is 0 Å². The van der Waals surface area contributed by atoms with Crippen LogP contribution in [0.4, 0.5) is 0 Å². The van der Waals surface area contributed by atoms with Crippen LogP contribution in [0.2, 0.25) is 0 Å². The van der Waals surface area contributed by atoms with Crippen molar-refractivity contribution in [2.75, 3.05) is 13.2 Å². The molecular weight excluding hydrogens is 288 g/mol. The monoisotopic (exact) mass is 304 g/mol. The van der Waals surface area contributed by atoms with Gasteiger partial charge in [0.25, 0.3) is 0 Å². The lowest BCUT2D eigenvalue weighted by Crippen LogP contribution is -2.46. The second-order valence-corrected chi connectivity index (χ2v) is 5.86. The Morgan fingerprint density at radius 3 is 2.26 bits per heavy atom. The van der Waals surface area contributed by atoms with Gasteiger partial charge in [-0.3, -0.25) is 14.5 Å². The number of nitrogens with one attached hydrogen (secondary N) is 1. The van der Waals surface area contributed by atoms with Gasteiger partial charge in [-0.1, -0.05) is 54.6 Å². The number of nitrogens with zero attached hydrogens (tertiary/aromatic N) is 1. The van der Waals surface area contributed by atoms with E-state index in [1.807, 2.05) is 18.2 Å². The first-order valence-electron chi connectivity index (χ1n) is 7.66. The summed E-state index contributed by atoms with van der Waals surface area (Å²) in [7, 11) is 0. The summed E-state index contributed by atoms with van der Waals surface area (Å²) in [6, 6.07) is 17.2. The second-order valence-electron chi connectivity index (χ2n) is 5.86. The SMILES string of the molecule is O=C1C2=C(NCN(Cc3ccccc3)C2)C(=O)c2ccccc21. The molecule has 1 aliphatic carbocycles. The molecule has 1 N–H and O–H groups in total. The van der Waals surface area contributed by atoms with Gasteiger partial charge in [0.2, 0.25) is 5.78 Å².